The van der Waals surface area contributed by atoms with Gasteiger partial charge in [0.15, 0.2) is 5.82 Å². The van der Waals surface area contributed by atoms with E-state index in [1.54, 1.807) is 17.2 Å². The van der Waals surface area contributed by atoms with E-state index in [1.807, 2.05) is 29.0 Å². The number of fused-ring (bicyclic) bond motifs is 2. The maximum Gasteiger partial charge on any atom is 0.301 e. The molecule has 14 nitrogen and oxygen atoms in total. The number of hydrogen-bond acceptors (Lipinski definition) is 9. The van der Waals surface area contributed by atoms with Crippen molar-refractivity contribution in [2.24, 2.45) is 11.3 Å². The van der Waals surface area contributed by atoms with Crippen molar-refractivity contribution in [3.05, 3.63) is 119 Å². The maximum absolute atomic E-state index is 15.8. The molecule has 1 unspecified atom stereocenters. The zero-order valence-corrected chi connectivity index (χ0v) is 37.6. The average Bonchev–Trinajstić information content (AvgIpc) is 4.02. The zero-order chi connectivity index (χ0) is 46.4. The molecule has 2 amide bonds. The fourth-order valence-corrected chi connectivity index (χ4v) is 12.5. The summed E-state index contributed by atoms with van der Waals surface area (Å²) in [6.07, 6.45) is 5.34. The maximum atomic E-state index is 15.8. The first-order valence-electron chi connectivity index (χ1n) is 22.9. The molecular formula is C49H50F3N9O5S. The number of hydrogen-bond donors (Lipinski definition) is 3. The number of allylic oxidation sites excluding steroid dienone is 1. The van der Waals surface area contributed by atoms with E-state index in [-0.39, 0.29) is 36.9 Å². The highest BCUT2D eigenvalue weighted by molar-refractivity contribution is 7.90. The van der Waals surface area contributed by atoms with Gasteiger partial charge in [-0.15, -0.1) is 0 Å². The summed E-state index contributed by atoms with van der Waals surface area (Å²) in [6.45, 7) is 10.8. The highest BCUT2D eigenvalue weighted by Gasteiger charge is 2.52. The van der Waals surface area contributed by atoms with Crippen molar-refractivity contribution in [1.29, 1.82) is 0 Å². The van der Waals surface area contributed by atoms with Crippen molar-refractivity contribution in [2.45, 2.75) is 50.9 Å². The van der Waals surface area contributed by atoms with Crippen LogP contribution in [-0.2, 0) is 21.5 Å². The number of piperidine rings is 1. The van der Waals surface area contributed by atoms with Gasteiger partial charge in [0.1, 0.15) is 23.7 Å². The number of aromatic nitrogens is 2. The van der Waals surface area contributed by atoms with Gasteiger partial charge in [-0.3, -0.25) is 24.0 Å². The van der Waals surface area contributed by atoms with Crippen LogP contribution in [0.2, 0.25) is 0 Å². The number of carbonyl (C=O) groups is 3. The van der Waals surface area contributed by atoms with Gasteiger partial charge < -0.3 is 25.0 Å². The fourth-order valence-electron chi connectivity index (χ4n) is 11.2. The molecule has 2 aromatic heterocycles. The highest BCUT2D eigenvalue weighted by Crippen LogP contribution is 2.53. The average molecular weight is 934 g/mol. The summed E-state index contributed by atoms with van der Waals surface area (Å²) in [5.41, 5.74) is 5.26. The molecule has 5 aliphatic heterocycles. The summed E-state index contributed by atoms with van der Waals surface area (Å²) < 4.78 is 73.1. The third-order valence-corrected chi connectivity index (χ3v) is 16.2. The van der Waals surface area contributed by atoms with E-state index in [9.17, 15) is 27.2 Å². The fraction of sp³-hybridized carbons (Fsp3) is 0.388. The Morgan fingerprint density at radius 3 is 2.40 bits per heavy atom. The second-order valence-electron chi connectivity index (χ2n) is 19.2. The molecule has 1 aliphatic carbocycles. The number of benzene rings is 3. The van der Waals surface area contributed by atoms with E-state index in [0.717, 1.165) is 84.8 Å². The zero-order valence-electron chi connectivity index (χ0n) is 36.7. The van der Waals surface area contributed by atoms with E-state index in [0.29, 0.717) is 58.6 Å². The number of carbonyl (C=O) groups excluding carboxylic acids is 3. The molecule has 1 spiro atoms. The number of amides is 2. The van der Waals surface area contributed by atoms with Gasteiger partial charge in [-0.05, 0) is 97.7 Å². The van der Waals surface area contributed by atoms with Gasteiger partial charge in [-0.1, -0.05) is 18.7 Å². The van der Waals surface area contributed by atoms with Gasteiger partial charge in [0.2, 0.25) is 11.7 Å². The molecule has 3 aromatic carbocycles. The lowest BCUT2D eigenvalue weighted by molar-refractivity contribution is -0.126. The van der Waals surface area contributed by atoms with Crippen molar-refractivity contribution in [3.63, 3.8) is 0 Å². The number of ketones is 1. The Hall–Kier alpha value is -6.24. The molecule has 2 atom stereocenters. The number of rotatable bonds is 11. The number of nitrogens with zero attached hydrogens (tertiary/aromatic N) is 6. The van der Waals surface area contributed by atoms with E-state index in [1.165, 1.54) is 19.0 Å². The molecule has 0 bridgehead atoms. The number of alkyl halides is 1. The number of anilines is 3. The summed E-state index contributed by atoms with van der Waals surface area (Å²) in [6, 6.07) is 17.2. The monoisotopic (exact) mass is 933 g/mol. The summed E-state index contributed by atoms with van der Waals surface area (Å²) in [5, 5.41) is 3.15. The minimum Gasteiger partial charge on any atom is -0.370 e. The Morgan fingerprint density at radius 2 is 1.67 bits per heavy atom. The predicted molar refractivity (Wildman–Crippen MR) is 248 cm³/mol. The first-order valence-corrected chi connectivity index (χ1v) is 24.3. The lowest BCUT2D eigenvalue weighted by Crippen LogP contribution is -2.64. The molecule has 67 heavy (non-hydrogen) atoms. The van der Waals surface area contributed by atoms with Gasteiger partial charge in [-0.25, -0.2) is 18.2 Å². The highest BCUT2D eigenvalue weighted by atomic mass is 32.2. The lowest BCUT2D eigenvalue weighted by atomic mass is 9.57. The van der Waals surface area contributed by atoms with Crippen LogP contribution in [0, 0.1) is 23.0 Å². The summed E-state index contributed by atoms with van der Waals surface area (Å²) in [5.74, 6) is -3.08. The van der Waals surface area contributed by atoms with Crippen molar-refractivity contribution in [1.82, 2.24) is 29.4 Å². The van der Waals surface area contributed by atoms with Gasteiger partial charge in [0.25, 0.3) is 5.91 Å². The van der Waals surface area contributed by atoms with Crippen LogP contribution in [-0.4, -0.2) is 121 Å². The van der Waals surface area contributed by atoms with Crippen molar-refractivity contribution in [3.8, 4) is 11.1 Å². The van der Waals surface area contributed by atoms with Crippen molar-refractivity contribution in [2.75, 3.05) is 73.4 Å². The molecule has 6 aliphatic rings. The topological polar surface area (TPSA) is 154 Å². The molecule has 0 radical (unpaired) electrons. The molecular weight excluding hydrogens is 884 g/mol. The van der Waals surface area contributed by atoms with Crippen molar-refractivity contribution >= 4 is 55.9 Å². The Balaban J connectivity index is 0.671. The molecule has 18 heteroatoms. The number of halogens is 3. The SMILES string of the molecule is C=C1CCC(N2Cc3cc(N4CCN(CC5CC6(C5)CN(c5ccc(-c7cnc8[nH]cc(C(=O)c9c(F)ccc(NS(=O)(=O)N%10CC[C@@H](F)C%10)c9F)c8c7)cc5)C6)CC4)ccc3C2=O)C(=O)N1. The molecule has 5 fully saturated rings. The Morgan fingerprint density at radius 1 is 0.910 bits per heavy atom. The molecule has 7 heterocycles. The molecule has 11 rings (SSSR count). The number of aromatic amines is 1. The first-order chi connectivity index (χ1) is 32.2. The second-order valence-corrected chi connectivity index (χ2v) is 20.8. The van der Waals surface area contributed by atoms with Gasteiger partial charge in [0.05, 0.1) is 11.3 Å². The number of nitrogens with one attached hydrogen (secondary N) is 3. The lowest BCUT2D eigenvalue weighted by Gasteiger charge is -2.60. The van der Waals surface area contributed by atoms with Crippen LogP contribution >= 0.6 is 0 Å². The smallest absolute Gasteiger partial charge is 0.301 e. The third kappa shape index (κ3) is 7.91. The minimum absolute atomic E-state index is 0.00841. The second kappa shape index (κ2) is 16.5. The van der Waals surface area contributed by atoms with Crippen LogP contribution in [0.25, 0.3) is 22.2 Å². The molecule has 3 N–H and O–H groups in total. The number of pyridine rings is 1. The third-order valence-electron chi connectivity index (χ3n) is 14.7. The van der Waals surface area contributed by atoms with E-state index < -0.39 is 51.1 Å². The van der Waals surface area contributed by atoms with Crippen LogP contribution < -0.4 is 19.8 Å². The van der Waals surface area contributed by atoms with Crippen LogP contribution in [0.15, 0.2) is 85.3 Å². The Kier molecular flexibility index (Phi) is 10.7. The predicted octanol–water partition coefficient (Wildman–Crippen LogP) is 6.23. The number of piperazine rings is 1. The van der Waals surface area contributed by atoms with Crippen LogP contribution in [0.1, 0.15) is 63.9 Å². The first kappa shape index (κ1) is 43.3. The Bertz CT molecular complexity index is 2960. The normalized spacial score (nSPS) is 22.3. The van der Waals surface area contributed by atoms with Crippen LogP contribution in [0.3, 0.4) is 0 Å². The van der Waals surface area contributed by atoms with E-state index >= 15 is 8.78 Å². The number of H-pyrrole nitrogens is 1. The summed E-state index contributed by atoms with van der Waals surface area (Å²) in [7, 11) is -4.35. The molecule has 1 saturated carbocycles. The summed E-state index contributed by atoms with van der Waals surface area (Å²) >= 11 is 0. The quantitative estimate of drug-likeness (QED) is 0.131. The van der Waals surface area contributed by atoms with E-state index in [4.69, 9.17) is 0 Å². The van der Waals surface area contributed by atoms with Crippen molar-refractivity contribution < 1.29 is 36.0 Å². The minimum atomic E-state index is -4.35. The van der Waals surface area contributed by atoms with Gasteiger partial charge in [0, 0.05) is 122 Å². The largest absolute Gasteiger partial charge is 0.370 e. The standard InChI is InChI=1S/C49H50F3N9O5S/c1-29-2-11-42(47(63)55-29)61-25-33-18-36(7-8-37(33)48(61)64)58-16-14-57(15-17-58)24-30-20-49(21-30)27-59(28-49)35-5-3-31(4-6-35)32-19-38-39(23-54-46(38)53-22-32)45(62)43-40(51)9-10-41(44(43)52)56-67(65,66)60-13-12-34(50)26-60/h3-10,18-19,22-23,30,34,42,56H,1-2,11-17,20-21,24-28H2,(H,53,54)(H,55,63)/t34-,42?/m1/s1. The summed E-state index contributed by atoms with van der Waals surface area (Å²) in [4.78, 5) is 56.1. The molecule has 348 valence electrons. The van der Waals surface area contributed by atoms with Gasteiger partial charge >= 0.3 is 10.2 Å². The van der Waals surface area contributed by atoms with Gasteiger partial charge in [-0.2, -0.15) is 12.7 Å². The van der Waals surface area contributed by atoms with Crippen LogP contribution in [0.4, 0.5) is 30.2 Å². The Labute approximate surface area is 386 Å². The van der Waals surface area contributed by atoms with E-state index in [2.05, 4.69) is 54.8 Å². The molecule has 4 saturated heterocycles. The van der Waals surface area contributed by atoms with Crippen LogP contribution in [0.5, 0.6) is 0 Å². The molecule has 5 aromatic rings.